The highest BCUT2D eigenvalue weighted by Crippen LogP contribution is 2.25. The van der Waals surface area contributed by atoms with Crippen molar-refractivity contribution in [1.29, 1.82) is 0 Å². The molecule has 0 amide bonds. The molecule has 0 saturated carbocycles. The molecule has 0 atom stereocenters. The Morgan fingerprint density at radius 2 is 2.06 bits per heavy atom. The van der Waals surface area contributed by atoms with Crippen molar-refractivity contribution < 1.29 is 4.92 Å². The topological polar surface area (TPSA) is 87.0 Å². The molecule has 0 bridgehead atoms. The third-order valence-electron chi connectivity index (χ3n) is 2.48. The van der Waals surface area contributed by atoms with E-state index in [1.54, 1.807) is 13.1 Å². The quantitative estimate of drug-likeness (QED) is 0.632. The van der Waals surface area contributed by atoms with E-state index in [2.05, 4.69) is 5.10 Å². The van der Waals surface area contributed by atoms with Crippen LogP contribution in [0.3, 0.4) is 0 Å². The number of hydrogen-bond donors (Lipinski definition) is 1. The molecule has 0 unspecified atom stereocenters. The van der Waals surface area contributed by atoms with Crippen molar-refractivity contribution in [3.05, 3.63) is 39.9 Å². The lowest BCUT2D eigenvalue weighted by molar-refractivity contribution is -0.384. The summed E-state index contributed by atoms with van der Waals surface area (Å²) in [4.78, 5) is 10.4. The number of hydrogen-bond acceptors (Lipinski definition) is 4. The molecule has 0 radical (unpaired) electrons. The lowest BCUT2D eigenvalue weighted by atomic mass is 10.1. The second-order valence-electron chi connectivity index (χ2n) is 3.89. The molecule has 0 saturated heterocycles. The monoisotopic (exact) mass is 232 g/mol. The predicted molar refractivity (Wildman–Crippen MR) is 64.4 cm³/mol. The van der Waals surface area contributed by atoms with Gasteiger partial charge in [0, 0.05) is 30.8 Å². The van der Waals surface area contributed by atoms with Crippen molar-refractivity contribution in [2.45, 2.75) is 6.92 Å². The maximum atomic E-state index is 10.8. The van der Waals surface area contributed by atoms with Crippen molar-refractivity contribution >= 4 is 11.5 Å². The third kappa shape index (κ3) is 2.10. The smallest absolute Gasteiger partial charge is 0.270 e. The highest BCUT2D eigenvalue weighted by Gasteiger charge is 2.11. The summed E-state index contributed by atoms with van der Waals surface area (Å²) < 4.78 is 1.53. The van der Waals surface area contributed by atoms with Gasteiger partial charge >= 0.3 is 0 Å². The van der Waals surface area contributed by atoms with Gasteiger partial charge in [-0.15, -0.1) is 0 Å². The fourth-order valence-corrected chi connectivity index (χ4v) is 1.64. The van der Waals surface area contributed by atoms with E-state index in [9.17, 15) is 10.1 Å². The van der Waals surface area contributed by atoms with E-state index in [0.29, 0.717) is 17.1 Å². The van der Waals surface area contributed by atoms with Gasteiger partial charge in [0.2, 0.25) is 0 Å². The Morgan fingerprint density at radius 3 is 2.59 bits per heavy atom. The summed E-state index contributed by atoms with van der Waals surface area (Å²) in [5.74, 6) is 0.518. The average Bonchev–Trinajstić information content (AvgIpc) is 2.58. The summed E-state index contributed by atoms with van der Waals surface area (Å²) in [5.41, 5.74) is 7.89. The van der Waals surface area contributed by atoms with Crippen LogP contribution in [-0.2, 0) is 7.05 Å². The predicted octanol–water partition coefficient (Wildman–Crippen LogP) is 1.89. The van der Waals surface area contributed by atoms with Crippen molar-refractivity contribution in [1.82, 2.24) is 9.78 Å². The molecular formula is C11H12N4O2. The lowest BCUT2D eigenvalue weighted by Crippen LogP contribution is -1.96. The van der Waals surface area contributed by atoms with Crippen LogP contribution in [0.15, 0.2) is 24.3 Å². The fourth-order valence-electron chi connectivity index (χ4n) is 1.64. The molecule has 0 spiro atoms. The second-order valence-corrected chi connectivity index (χ2v) is 3.89. The summed E-state index contributed by atoms with van der Waals surface area (Å²) in [6, 6.07) is 6.55. The molecule has 0 aliphatic carbocycles. The number of anilines is 1. The number of benzene rings is 1. The Hall–Kier alpha value is -2.37. The van der Waals surface area contributed by atoms with Crippen molar-refractivity contribution in [2.24, 2.45) is 7.05 Å². The van der Waals surface area contributed by atoms with E-state index >= 15 is 0 Å². The highest BCUT2D eigenvalue weighted by atomic mass is 16.6. The van der Waals surface area contributed by atoms with Gasteiger partial charge in [-0.05, 0) is 18.6 Å². The number of aryl methyl sites for hydroxylation is 2. The van der Waals surface area contributed by atoms with Gasteiger partial charge in [-0.3, -0.25) is 14.8 Å². The van der Waals surface area contributed by atoms with Gasteiger partial charge in [0.1, 0.15) is 5.82 Å². The van der Waals surface area contributed by atoms with Crippen LogP contribution in [-0.4, -0.2) is 14.7 Å². The molecule has 2 rings (SSSR count). The zero-order valence-corrected chi connectivity index (χ0v) is 9.54. The molecule has 2 N–H and O–H groups in total. The summed E-state index contributed by atoms with van der Waals surface area (Å²) in [6.45, 7) is 1.81. The van der Waals surface area contributed by atoms with Gasteiger partial charge in [-0.2, -0.15) is 5.10 Å². The summed E-state index contributed by atoms with van der Waals surface area (Å²) in [5, 5.41) is 15.0. The first-order chi connectivity index (χ1) is 7.97. The number of rotatable bonds is 2. The minimum absolute atomic E-state index is 0.0595. The molecule has 1 aromatic heterocycles. The van der Waals surface area contributed by atoms with Gasteiger partial charge in [0.05, 0.1) is 10.6 Å². The Labute approximate surface area is 97.8 Å². The number of nitro groups is 1. The van der Waals surface area contributed by atoms with E-state index in [1.165, 1.54) is 16.8 Å². The van der Waals surface area contributed by atoms with E-state index in [1.807, 2.05) is 13.0 Å². The molecule has 0 aliphatic heterocycles. The van der Waals surface area contributed by atoms with E-state index < -0.39 is 4.92 Å². The molecule has 0 fully saturated rings. The molecule has 2 aromatic rings. The largest absolute Gasteiger partial charge is 0.384 e. The van der Waals surface area contributed by atoms with Gasteiger partial charge in [0.25, 0.3) is 5.69 Å². The van der Waals surface area contributed by atoms with E-state index in [4.69, 9.17) is 5.73 Å². The van der Waals surface area contributed by atoms with Crippen molar-refractivity contribution in [3.8, 4) is 11.3 Å². The van der Waals surface area contributed by atoms with E-state index in [0.717, 1.165) is 5.56 Å². The summed E-state index contributed by atoms with van der Waals surface area (Å²) >= 11 is 0. The third-order valence-corrected chi connectivity index (χ3v) is 2.48. The standard InChI is InChI=1S/C11H12N4O2/c1-7-3-8(5-9(4-7)15(16)17)10-6-11(12)14(2)13-10/h3-6H,12H2,1-2H3. The molecular weight excluding hydrogens is 220 g/mol. The number of nitrogens with zero attached hydrogens (tertiary/aromatic N) is 3. The number of nitrogen functional groups attached to an aromatic ring is 1. The van der Waals surface area contributed by atoms with Crippen LogP contribution in [0.1, 0.15) is 5.56 Å². The molecule has 6 nitrogen and oxygen atoms in total. The van der Waals surface area contributed by atoms with Gasteiger partial charge in [-0.1, -0.05) is 0 Å². The van der Waals surface area contributed by atoms with Crippen LogP contribution in [0.5, 0.6) is 0 Å². The Balaban J connectivity index is 2.55. The van der Waals surface area contributed by atoms with Crippen LogP contribution in [0, 0.1) is 17.0 Å². The molecule has 6 heteroatoms. The number of non-ortho nitro benzene ring substituents is 1. The van der Waals surface area contributed by atoms with Crippen LogP contribution in [0.4, 0.5) is 11.5 Å². The van der Waals surface area contributed by atoms with Crippen LogP contribution in [0.25, 0.3) is 11.3 Å². The Bertz CT molecular complexity index is 570. The molecule has 0 aliphatic rings. The van der Waals surface area contributed by atoms with Crippen molar-refractivity contribution in [2.75, 3.05) is 5.73 Å². The fraction of sp³-hybridized carbons (Fsp3) is 0.182. The van der Waals surface area contributed by atoms with E-state index in [-0.39, 0.29) is 5.69 Å². The van der Waals surface area contributed by atoms with Crippen LogP contribution >= 0.6 is 0 Å². The minimum Gasteiger partial charge on any atom is -0.384 e. The molecule has 1 aromatic carbocycles. The zero-order valence-electron chi connectivity index (χ0n) is 9.54. The van der Waals surface area contributed by atoms with Crippen LogP contribution in [0.2, 0.25) is 0 Å². The maximum absolute atomic E-state index is 10.8. The van der Waals surface area contributed by atoms with Crippen LogP contribution < -0.4 is 5.73 Å². The highest BCUT2D eigenvalue weighted by molar-refractivity contribution is 5.66. The molecule has 88 valence electrons. The summed E-state index contributed by atoms with van der Waals surface area (Å²) in [7, 11) is 1.73. The Kier molecular flexibility index (Phi) is 2.55. The van der Waals surface area contributed by atoms with Crippen molar-refractivity contribution in [3.63, 3.8) is 0 Å². The molecule has 17 heavy (non-hydrogen) atoms. The molecule has 1 heterocycles. The maximum Gasteiger partial charge on any atom is 0.270 e. The normalized spacial score (nSPS) is 10.5. The first-order valence-corrected chi connectivity index (χ1v) is 5.03. The zero-order chi connectivity index (χ0) is 12.6. The summed E-state index contributed by atoms with van der Waals surface area (Å²) in [6.07, 6.45) is 0. The second kappa shape index (κ2) is 3.89. The van der Waals surface area contributed by atoms with Gasteiger partial charge < -0.3 is 5.73 Å². The van der Waals surface area contributed by atoms with Gasteiger partial charge in [0.15, 0.2) is 0 Å². The average molecular weight is 232 g/mol. The number of nitrogens with two attached hydrogens (primary N) is 1. The SMILES string of the molecule is Cc1cc(-c2cc(N)n(C)n2)cc([N+](=O)[O-])c1. The lowest BCUT2D eigenvalue weighted by Gasteiger charge is -1.99. The Morgan fingerprint density at radius 1 is 1.35 bits per heavy atom. The van der Waals surface area contributed by atoms with Gasteiger partial charge in [-0.25, -0.2) is 0 Å². The minimum atomic E-state index is -0.414. The number of nitro benzene ring substituents is 1. The number of aromatic nitrogens is 2. The first kappa shape index (κ1) is 11.1. The first-order valence-electron chi connectivity index (χ1n) is 5.03.